The molecule has 0 spiro atoms. The summed E-state index contributed by atoms with van der Waals surface area (Å²) in [6.07, 6.45) is 4.23. The predicted molar refractivity (Wildman–Crippen MR) is 159 cm³/mol. The van der Waals surface area contributed by atoms with Crippen molar-refractivity contribution in [3.05, 3.63) is 66.4 Å². The summed E-state index contributed by atoms with van der Waals surface area (Å²) in [5, 5.41) is 6.24. The number of thioether (sulfide) groups is 1. The lowest BCUT2D eigenvalue weighted by atomic mass is 10.2. The maximum absolute atomic E-state index is 12.3. The number of hydrogen-bond acceptors (Lipinski definition) is 9. The van der Waals surface area contributed by atoms with E-state index < -0.39 is 0 Å². The molecule has 1 amide bonds. The Morgan fingerprint density at radius 3 is 2.64 bits per heavy atom. The topological polar surface area (TPSA) is 85.9 Å². The number of hydrogen-bond donors (Lipinski definition) is 2. The Hall–Kier alpha value is -3.60. The first kappa shape index (κ1) is 27.0. The van der Waals surface area contributed by atoms with E-state index in [0.717, 1.165) is 54.6 Å². The van der Waals surface area contributed by atoms with Crippen molar-refractivity contribution in [1.82, 2.24) is 19.8 Å². The summed E-state index contributed by atoms with van der Waals surface area (Å²) in [5.74, 6) is 2.39. The van der Waals surface area contributed by atoms with Crippen molar-refractivity contribution in [2.24, 2.45) is 0 Å². The van der Waals surface area contributed by atoms with E-state index >= 15 is 0 Å². The Labute approximate surface area is 234 Å². The van der Waals surface area contributed by atoms with Gasteiger partial charge in [-0.1, -0.05) is 12.1 Å². The number of benzene rings is 2. The van der Waals surface area contributed by atoms with Gasteiger partial charge in [-0.25, -0.2) is 4.98 Å². The molecular formula is C29H35N7O2S. The Morgan fingerprint density at radius 2 is 1.87 bits per heavy atom. The Kier molecular flexibility index (Phi) is 8.65. The second-order valence-electron chi connectivity index (χ2n) is 9.97. The number of ether oxygens (including phenoxy) is 1. The van der Waals surface area contributed by atoms with Crippen LogP contribution in [0.3, 0.4) is 0 Å². The SMILES string of the molecule is CN(C)C/C=C/C(=O)Nc1cccc(Oc2nc(Nc3ccc(N4CCN(C)CC4)cc3)nc3c2SCC3)c1. The molecule has 9 nitrogen and oxygen atoms in total. The van der Waals surface area contributed by atoms with Gasteiger partial charge >= 0.3 is 0 Å². The largest absolute Gasteiger partial charge is 0.438 e. The predicted octanol–water partition coefficient (Wildman–Crippen LogP) is 4.47. The smallest absolute Gasteiger partial charge is 0.248 e. The fourth-order valence-electron chi connectivity index (χ4n) is 4.42. The van der Waals surface area contributed by atoms with Crippen LogP contribution < -0.4 is 20.3 Å². The zero-order valence-corrected chi connectivity index (χ0v) is 23.5. The molecule has 3 aromatic rings. The molecule has 1 saturated heterocycles. The first-order chi connectivity index (χ1) is 18.9. The average molecular weight is 546 g/mol. The molecule has 0 radical (unpaired) electrons. The van der Waals surface area contributed by atoms with E-state index in [4.69, 9.17) is 14.7 Å². The van der Waals surface area contributed by atoms with Crippen molar-refractivity contribution in [3.63, 3.8) is 0 Å². The van der Waals surface area contributed by atoms with Crippen LogP contribution in [-0.4, -0.2) is 85.3 Å². The number of fused-ring (bicyclic) bond motifs is 1. The minimum atomic E-state index is -0.183. The molecule has 0 aliphatic carbocycles. The molecule has 0 atom stereocenters. The molecule has 39 heavy (non-hydrogen) atoms. The maximum atomic E-state index is 12.3. The third kappa shape index (κ3) is 7.29. The van der Waals surface area contributed by atoms with E-state index in [9.17, 15) is 4.79 Å². The lowest BCUT2D eigenvalue weighted by Gasteiger charge is -2.34. The van der Waals surface area contributed by atoms with E-state index in [2.05, 4.69) is 51.7 Å². The number of carbonyl (C=O) groups is 1. The van der Waals surface area contributed by atoms with Crippen LogP contribution in [0.25, 0.3) is 0 Å². The van der Waals surface area contributed by atoms with Gasteiger partial charge in [-0.15, -0.1) is 11.8 Å². The molecule has 5 rings (SSSR count). The van der Waals surface area contributed by atoms with Gasteiger partial charge < -0.3 is 30.1 Å². The van der Waals surface area contributed by atoms with Gasteiger partial charge in [0.15, 0.2) is 0 Å². The maximum Gasteiger partial charge on any atom is 0.248 e. The second kappa shape index (κ2) is 12.5. The number of piperazine rings is 1. The van der Waals surface area contributed by atoms with Gasteiger partial charge in [0.2, 0.25) is 17.7 Å². The minimum Gasteiger partial charge on any atom is -0.438 e. The summed E-state index contributed by atoms with van der Waals surface area (Å²) in [5.41, 5.74) is 3.79. The molecule has 0 bridgehead atoms. The molecule has 1 aromatic heterocycles. The van der Waals surface area contributed by atoms with Gasteiger partial charge in [0.1, 0.15) is 5.75 Å². The Balaban J connectivity index is 1.28. The lowest BCUT2D eigenvalue weighted by Crippen LogP contribution is -2.44. The van der Waals surface area contributed by atoms with Gasteiger partial charge in [-0.3, -0.25) is 4.79 Å². The molecule has 2 N–H and O–H groups in total. The number of aryl methyl sites for hydroxylation is 1. The first-order valence-electron chi connectivity index (χ1n) is 13.2. The molecule has 2 aliphatic heterocycles. The molecule has 2 aliphatic rings. The quantitative estimate of drug-likeness (QED) is 0.378. The molecular weight excluding hydrogens is 510 g/mol. The zero-order valence-electron chi connectivity index (χ0n) is 22.7. The van der Waals surface area contributed by atoms with E-state index in [1.54, 1.807) is 17.8 Å². The molecule has 0 unspecified atom stereocenters. The van der Waals surface area contributed by atoms with Crippen molar-refractivity contribution in [2.45, 2.75) is 11.3 Å². The summed E-state index contributed by atoms with van der Waals surface area (Å²) in [7, 11) is 6.08. The molecule has 10 heteroatoms. The highest BCUT2D eigenvalue weighted by Gasteiger charge is 2.22. The number of nitrogens with zero attached hydrogens (tertiary/aromatic N) is 5. The van der Waals surface area contributed by atoms with E-state index in [0.29, 0.717) is 29.8 Å². The molecule has 1 fully saturated rings. The number of nitrogens with one attached hydrogen (secondary N) is 2. The standard InChI is InChI=1S/C29H35N7O2S/c1-34(2)14-5-8-26(37)30-22-6-4-7-24(20-22)38-28-27-25(13-19-39-27)32-29(33-28)31-21-9-11-23(12-10-21)36-17-15-35(3)16-18-36/h4-12,20H,13-19H2,1-3H3,(H,30,37)(H,31,32,33)/b8-5+. The summed E-state index contributed by atoms with van der Waals surface area (Å²) >= 11 is 1.70. The van der Waals surface area contributed by atoms with Crippen LogP contribution in [0.5, 0.6) is 11.6 Å². The van der Waals surface area contributed by atoms with Crippen molar-refractivity contribution < 1.29 is 9.53 Å². The van der Waals surface area contributed by atoms with Crippen molar-refractivity contribution in [3.8, 4) is 11.6 Å². The number of anilines is 4. The number of aromatic nitrogens is 2. The lowest BCUT2D eigenvalue weighted by molar-refractivity contribution is -0.111. The van der Waals surface area contributed by atoms with Crippen molar-refractivity contribution >= 4 is 40.7 Å². The Bertz CT molecular complexity index is 1320. The van der Waals surface area contributed by atoms with Crippen molar-refractivity contribution in [2.75, 3.05) is 75.2 Å². The van der Waals surface area contributed by atoms with Gasteiger partial charge in [0, 0.05) is 74.1 Å². The summed E-state index contributed by atoms with van der Waals surface area (Å²) in [4.78, 5) is 29.5. The highest BCUT2D eigenvalue weighted by atomic mass is 32.2. The third-order valence-electron chi connectivity index (χ3n) is 6.54. The first-order valence-corrected chi connectivity index (χ1v) is 14.2. The fourth-order valence-corrected chi connectivity index (χ4v) is 5.44. The molecule has 0 saturated carbocycles. The Morgan fingerprint density at radius 1 is 1.08 bits per heavy atom. The van der Waals surface area contributed by atoms with Gasteiger partial charge in [-0.2, -0.15) is 4.98 Å². The average Bonchev–Trinajstić information content (AvgIpc) is 3.39. The fraction of sp³-hybridized carbons (Fsp3) is 0.345. The number of amides is 1. The van der Waals surface area contributed by atoms with Crippen LogP contribution in [0.4, 0.5) is 23.0 Å². The van der Waals surface area contributed by atoms with Gasteiger partial charge in [0.05, 0.1) is 10.6 Å². The normalized spacial score (nSPS) is 15.5. The number of likely N-dealkylation sites (N-methyl/N-ethyl adjacent to an activating group) is 2. The molecule has 2 aromatic carbocycles. The highest BCUT2D eigenvalue weighted by molar-refractivity contribution is 7.99. The van der Waals surface area contributed by atoms with Crippen LogP contribution in [0, 0.1) is 0 Å². The monoisotopic (exact) mass is 545 g/mol. The van der Waals surface area contributed by atoms with Crippen LogP contribution in [0.1, 0.15) is 5.69 Å². The summed E-state index contributed by atoms with van der Waals surface area (Å²) in [6.45, 7) is 4.92. The number of rotatable bonds is 9. The van der Waals surface area contributed by atoms with Crippen molar-refractivity contribution in [1.29, 1.82) is 0 Å². The van der Waals surface area contributed by atoms with E-state index in [1.807, 2.05) is 43.3 Å². The summed E-state index contributed by atoms with van der Waals surface area (Å²) in [6, 6.07) is 15.8. The van der Waals surface area contributed by atoms with Crippen LogP contribution >= 0.6 is 11.8 Å². The second-order valence-corrected chi connectivity index (χ2v) is 11.1. The van der Waals surface area contributed by atoms with Crippen LogP contribution in [-0.2, 0) is 11.2 Å². The van der Waals surface area contributed by atoms with Gasteiger partial charge in [0.25, 0.3) is 0 Å². The van der Waals surface area contributed by atoms with E-state index in [-0.39, 0.29) is 5.91 Å². The van der Waals surface area contributed by atoms with E-state index in [1.165, 1.54) is 11.8 Å². The highest BCUT2D eigenvalue weighted by Crippen LogP contribution is 2.40. The molecule has 3 heterocycles. The zero-order chi connectivity index (χ0) is 27.2. The number of carbonyl (C=O) groups excluding carboxylic acids is 1. The molecule has 204 valence electrons. The third-order valence-corrected chi connectivity index (χ3v) is 7.64. The van der Waals surface area contributed by atoms with Crippen LogP contribution in [0.15, 0.2) is 65.6 Å². The summed E-state index contributed by atoms with van der Waals surface area (Å²) < 4.78 is 6.24. The minimum absolute atomic E-state index is 0.183. The van der Waals surface area contributed by atoms with Gasteiger partial charge in [-0.05, 0) is 57.5 Å². The van der Waals surface area contributed by atoms with Crippen LogP contribution in [0.2, 0.25) is 0 Å².